The van der Waals surface area contributed by atoms with Crippen molar-refractivity contribution in [1.29, 1.82) is 0 Å². The van der Waals surface area contributed by atoms with E-state index in [0.29, 0.717) is 6.42 Å². The summed E-state index contributed by atoms with van der Waals surface area (Å²) < 4.78 is 11.4. The summed E-state index contributed by atoms with van der Waals surface area (Å²) in [5.41, 5.74) is 0. The molecular weight excluding hydrogens is 369 g/mol. The topological polar surface area (TPSA) is 118 Å². The third-order valence-electron chi connectivity index (χ3n) is 4.68. The molecule has 0 aliphatic rings. The van der Waals surface area contributed by atoms with Crippen molar-refractivity contribution in [3.05, 3.63) is 0 Å². The minimum atomic E-state index is -3.38. The summed E-state index contributed by atoms with van der Waals surface area (Å²) in [7, 11) is -3.38. The molecule has 0 aliphatic heterocycles. The quantitative estimate of drug-likeness (QED) is 0.265. The Kier molecular flexibility index (Phi) is 16.4. The van der Waals surface area contributed by atoms with Crippen LogP contribution in [-0.4, -0.2) is 39.4 Å². The monoisotopic (exact) mass is 405 g/mol. The van der Waals surface area contributed by atoms with E-state index < -0.39 is 32.7 Å². The van der Waals surface area contributed by atoms with Crippen molar-refractivity contribution in [1.82, 2.24) is 4.67 Å². The van der Waals surface area contributed by atoms with Gasteiger partial charge in [-0.2, -0.15) is 0 Å². The van der Waals surface area contributed by atoms with E-state index in [1.165, 1.54) is 57.8 Å². The van der Waals surface area contributed by atoms with Gasteiger partial charge >= 0.3 is 14.1 Å². The van der Waals surface area contributed by atoms with Gasteiger partial charge < -0.3 is 15.1 Å². The standard InChI is InChI=1S/C19H36NO6P/c1-2-3-4-5-6-7-8-9-10-11-12-13-14-15-18(22)20(27(25)26)17(16-21)19(23)24/h17,21H,2-16H2,1H3,(H,23,24). The summed E-state index contributed by atoms with van der Waals surface area (Å²) in [5.74, 6) is -2.30. The highest BCUT2D eigenvalue weighted by atomic mass is 31.1. The van der Waals surface area contributed by atoms with E-state index in [0.717, 1.165) is 19.3 Å². The number of hydrogen-bond donors (Lipinski definition) is 2. The fourth-order valence-electron chi connectivity index (χ4n) is 3.05. The molecule has 0 spiro atoms. The third kappa shape index (κ3) is 12.9. The van der Waals surface area contributed by atoms with Crippen LogP contribution in [0.25, 0.3) is 0 Å². The number of hydrogen-bond acceptors (Lipinski definition) is 5. The van der Waals surface area contributed by atoms with Crippen molar-refractivity contribution in [2.75, 3.05) is 6.61 Å². The first-order valence-electron chi connectivity index (χ1n) is 10.3. The van der Waals surface area contributed by atoms with Gasteiger partial charge in [-0.15, -0.1) is 4.67 Å². The molecule has 27 heavy (non-hydrogen) atoms. The molecule has 158 valence electrons. The first-order valence-corrected chi connectivity index (χ1v) is 11.4. The maximum Gasteiger partial charge on any atom is 0.443 e. The number of aliphatic carboxylic acids is 1. The molecule has 0 saturated heterocycles. The lowest BCUT2D eigenvalue weighted by Crippen LogP contribution is -2.44. The first-order chi connectivity index (χ1) is 13.0. The molecule has 8 heteroatoms. The zero-order chi connectivity index (χ0) is 20.5. The van der Waals surface area contributed by atoms with E-state index in [4.69, 9.17) is 10.2 Å². The molecule has 0 radical (unpaired) electrons. The van der Waals surface area contributed by atoms with Crippen molar-refractivity contribution in [3.63, 3.8) is 0 Å². The van der Waals surface area contributed by atoms with Crippen LogP contribution in [0.15, 0.2) is 0 Å². The van der Waals surface area contributed by atoms with Gasteiger partial charge in [0, 0.05) is 6.42 Å². The SMILES string of the molecule is CCCCCCCCCCCCCCCC(=O)N(C(CO)C(=O)O)[P+](=O)[O-]. The summed E-state index contributed by atoms with van der Waals surface area (Å²) in [4.78, 5) is 34.1. The first kappa shape index (κ1) is 26.0. The number of rotatable bonds is 18. The second-order valence-corrected chi connectivity index (χ2v) is 7.91. The van der Waals surface area contributed by atoms with Crippen LogP contribution in [0.1, 0.15) is 96.8 Å². The van der Waals surface area contributed by atoms with Crippen LogP contribution >= 0.6 is 8.18 Å². The van der Waals surface area contributed by atoms with Crippen LogP contribution in [0.4, 0.5) is 0 Å². The second-order valence-electron chi connectivity index (χ2n) is 7.01. The summed E-state index contributed by atoms with van der Waals surface area (Å²) in [6, 6.07) is -1.74. The highest BCUT2D eigenvalue weighted by Crippen LogP contribution is 2.23. The number of carboxylic acids is 1. The van der Waals surface area contributed by atoms with Gasteiger partial charge in [0.1, 0.15) is 0 Å². The molecule has 0 saturated carbocycles. The average Bonchev–Trinajstić information content (AvgIpc) is 2.62. The fourth-order valence-corrected chi connectivity index (χ4v) is 3.73. The van der Waals surface area contributed by atoms with Gasteiger partial charge in [0.25, 0.3) is 5.91 Å². The molecule has 0 aromatic carbocycles. The normalized spacial score (nSPS) is 12.6. The van der Waals surface area contributed by atoms with Gasteiger partial charge in [-0.25, -0.2) is 4.79 Å². The van der Waals surface area contributed by atoms with Crippen molar-refractivity contribution < 1.29 is 29.3 Å². The maximum atomic E-state index is 12.0. The molecular formula is C19H36NO6P. The lowest BCUT2D eigenvalue weighted by molar-refractivity contribution is -0.183. The minimum absolute atomic E-state index is 0.0230. The Hall–Kier alpha value is -1.04. The van der Waals surface area contributed by atoms with Gasteiger partial charge in [-0.3, -0.25) is 4.79 Å². The molecule has 0 aromatic rings. The highest BCUT2D eigenvalue weighted by molar-refractivity contribution is 7.34. The summed E-state index contributed by atoms with van der Waals surface area (Å²) >= 11 is 0. The summed E-state index contributed by atoms with van der Waals surface area (Å²) in [6.45, 7) is 1.29. The van der Waals surface area contributed by atoms with E-state index in [9.17, 15) is 19.0 Å². The van der Waals surface area contributed by atoms with Gasteiger partial charge in [-0.1, -0.05) is 84.0 Å². The summed E-state index contributed by atoms with van der Waals surface area (Å²) in [5, 5.41) is 17.9. The third-order valence-corrected chi connectivity index (χ3v) is 5.53. The molecule has 0 fully saturated rings. The molecule has 0 aromatic heterocycles. The number of aliphatic hydroxyl groups is 1. The van der Waals surface area contributed by atoms with E-state index in [-0.39, 0.29) is 11.1 Å². The van der Waals surface area contributed by atoms with E-state index in [1.807, 2.05) is 0 Å². The van der Waals surface area contributed by atoms with E-state index >= 15 is 0 Å². The molecule has 0 bridgehead atoms. The average molecular weight is 405 g/mol. The Labute approximate surface area is 164 Å². The zero-order valence-corrected chi connectivity index (χ0v) is 17.5. The number of aliphatic hydroxyl groups excluding tert-OH is 1. The van der Waals surface area contributed by atoms with Crippen molar-refractivity contribution in [2.45, 2.75) is 103 Å². The van der Waals surface area contributed by atoms with Crippen LogP contribution < -0.4 is 4.89 Å². The largest absolute Gasteiger partial charge is 0.573 e. The molecule has 0 aliphatic carbocycles. The van der Waals surface area contributed by atoms with E-state index in [1.54, 1.807) is 0 Å². The van der Waals surface area contributed by atoms with Gasteiger partial charge in [0.15, 0.2) is 6.04 Å². The number of amides is 1. The Morgan fingerprint density at radius 2 is 1.30 bits per heavy atom. The zero-order valence-electron chi connectivity index (χ0n) is 16.6. The molecule has 2 N–H and O–H groups in total. The number of nitrogens with zero attached hydrogens (tertiary/aromatic N) is 1. The molecule has 2 unspecified atom stereocenters. The lowest BCUT2D eigenvalue weighted by Gasteiger charge is -2.18. The van der Waals surface area contributed by atoms with Crippen LogP contribution in [0.5, 0.6) is 0 Å². The maximum absolute atomic E-state index is 12.0. The molecule has 7 nitrogen and oxygen atoms in total. The molecule has 0 rings (SSSR count). The van der Waals surface area contributed by atoms with Crippen LogP contribution in [-0.2, 0) is 14.2 Å². The highest BCUT2D eigenvalue weighted by Gasteiger charge is 2.37. The Morgan fingerprint density at radius 3 is 1.63 bits per heavy atom. The predicted molar refractivity (Wildman–Crippen MR) is 103 cm³/mol. The smallest absolute Gasteiger partial charge is 0.443 e. The van der Waals surface area contributed by atoms with Gasteiger partial charge in [-0.05, 0) is 11.0 Å². The Morgan fingerprint density at radius 1 is 0.889 bits per heavy atom. The lowest BCUT2D eigenvalue weighted by atomic mass is 10.0. The van der Waals surface area contributed by atoms with Crippen molar-refractivity contribution >= 4 is 20.1 Å². The molecule has 1 amide bonds. The van der Waals surface area contributed by atoms with Crippen molar-refractivity contribution in [3.8, 4) is 0 Å². The number of carboxylic acid groups (broad SMARTS) is 1. The minimum Gasteiger partial charge on any atom is -0.573 e. The van der Waals surface area contributed by atoms with E-state index in [2.05, 4.69) is 6.92 Å². The number of unbranched alkanes of at least 4 members (excludes halogenated alkanes) is 12. The van der Waals surface area contributed by atoms with Crippen LogP contribution in [0.2, 0.25) is 0 Å². The Balaban J connectivity index is 3.75. The van der Waals surface area contributed by atoms with Gasteiger partial charge in [0.05, 0.1) is 6.61 Å². The Bertz CT molecular complexity index is 432. The molecule has 2 atom stereocenters. The summed E-state index contributed by atoms with van der Waals surface area (Å²) in [6.07, 6.45) is 15.0. The fraction of sp³-hybridized carbons (Fsp3) is 0.895. The second kappa shape index (κ2) is 17.1. The predicted octanol–water partition coefficient (Wildman–Crippen LogP) is 3.76. The van der Waals surface area contributed by atoms with Crippen LogP contribution in [0.3, 0.4) is 0 Å². The van der Waals surface area contributed by atoms with Gasteiger partial charge in [0.2, 0.25) is 0 Å². The van der Waals surface area contributed by atoms with Crippen molar-refractivity contribution in [2.24, 2.45) is 0 Å². The number of carbonyl (C=O) groups excluding carboxylic acids is 1. The number of carbonyl (C=O) groups is 2. The molecule has 0 heterocycles. The van der Waals surface area contributed by atoms with Crippen LogP contribution in [0, 0.1) is 0 Å².